The minimum absolute atomic E-state index is 0.141. The lowest BCUT2D eigenvalue weighted by Gasteiger charge is -2.19. The van der Waals surface area contributed by atoms with Crippen molar-refractivity contribution in [3.8, 4) is 0 Å². The third-order valence-electron chi connectivity index (χ3n) is 2.56. The first kappa shape index (κ1) is 12.4. The van der Waals surface area contributed by atoms with E-state index >= 15 is 0 Å². The van der Waals surface area contributed by atoms with Gasteiger partial charge in [0.15, 0.2) is 5.84 Å². The van der Waals surface area contributed by atoms with Crippen LogP contribution >= 0.6 is 0 Å². The molecule has 3 N–H and O–H groups in total. The van der Waals surface area contributed by atoms with Gasteiger partial charge in [0.05, 0.1) is 0 Å². The van der Waals surface area contributed by atoms with Gasteiger partial charge in [-0.25, -0.2) is 0 Å². The highest BCUT2D eigenvalue weighted by molar-refractivity contribution is 5.97. The fourth-order valence-corrected chi connectivity index (χ4v) is 1.47. The smallest absolute Gasteiger partial charge is 0.170 e. The van der Waals surface area contributed by atoms with Gasteiger partial charge in [-0.1, -0.05) is 18.5 Å². The average Bonchev–Trinajstić information content (AvgIpc) is 2.35. The normalized spacial score (nSPS) is 11.5. The van der Waals surface area contributed by atoms with E-state index in [4.69, 9.17) is 10.9 Å². The summed E-state index contributed by atoms with van der Waals surface area (Å²) in [5.41, 5.74) is 7.36. The van der Waals surface area contributed by atoms with Crippen molar-refractivity contribution in [3.63, 3.8) is 0 Å². The zero-order valence-corrected chi connectivity index (χ0v) is 9.85. The molecule has 0 bridgehead atoms. The van der Waals surface area contributed by atoms with Crippen LogP contribution in [0.5, 0.6) is 0 Å². The lowest BCUT2D eigenvalue weighted by molar-refractivity contribution is 0.318. The van der Waals surface area contributed by atoms with E-state index in [1.54, 1.807) is 0 Å². The fraction of sp³-hybridized carbons (Fsp3) is 0.417. The van der Waals surface area contributed by atoms with Crippen molar-refractivity contribution in [2.45, 2.75) is 19.8 Å². The third kappa shape index (κ3) is 3.15. The van der Waals surface area contributed by atoms with Gasteiger partial charge in [0, 0.05) is 24.8 Å². The second kappa shape index (κ2) is 6.00. The largest absolute Gasteiger partial charge is 0.409 e. The van der Waals surface area contributed by atoms with Gasteiger partial charge in [-0.3, -0.25) is 0 Å². The van der Waals surface area contributed by atoms with Crippen LogP contribution in [-0.4, -0.2) is 24.6 Å². The number of nitrogens with zero attached hydrogens (tertiary/aromatic N) is 2. The molecule has 1 aromatic rings. The summed E-state index contributed by atoms with van der Waals surface area (Å²) in [6.45, 7) is 3.22. The Morgan fingerprint density at radius 1 is 1.38 bits per heavy atom. The van der Waals surface area contributed by atoms with Gasteiger partial charge in [0.25, 0.3) is 0 Å². The van der Waals surface area contributed by atoms with E-state index in [0.717, 1.165) is 17.8 Å². The highest BCUT2D eigenvalue weighted by atomic mass is 16.4. The number of hydrogen-bond donors (Lipinski definition) is 2. The van der Waals surface area contributed by atoms with Crippen molar-refractivity contribution in [3.05, 3.63) is 29.8 Å². The molecule has 0 heterocycles. The van der Waals surface area contributed by atoms with E-state index in [0.29, 0.717) is 0 Å². The molecule has 0 amide bonds. The summed E-state index contributed by atoms with van der Waals surface area (Å²) in [7, 11) is 2.06. The quantitative estimate of drug-likeness (QED) is 0.346. The minimum atomic E-state index is 0.141. The Hall–Kier alpha value is -1.71. The predicted octanol–water partition coefficient (Wildman–Crippen LogP) is 2.02. The number of anilines is 1. The van der Waals surface area contributed by atoms with Gasteiger partial charge in [0.2, 0.25) is 0 Å². The first-order chi connectivity index (χ1) is 7.69. The topological polar surface area (TPSA) is 61.8 Å². The molecule has 88 valence electrons. The third-order valence-corrected chi connectivity index (χ3v) is 2.56. The number of hydrogen-bond acceptors (Lipinski definition) is 3. The van der Waals surface area contributed by atoms with Gasteiger partial charge in [-0.15, -0.1) is 0 Å². The molecule has 4 heteroatoms. The Balaban J connectivity index is 2.71. The maximum atomic E-state index is 8.54. The van der Waals surface area contributed by atoms with Gasteiger partial charge >= 0.3 is 0 Å². The Morgan fingerprint density at radius 2 is 2.00 bits per heavy atom. The van der Waals surface area contributed by atoms with Crippen LogP contribution in [0.25, 0.3) is 0 Å². The van der Waals surface area contributed by atoms with E-state index in [1.807, 2.05) is 24.3 Å². The van der Waals surface area contributed by atoms with Crippen LogP contribution in [0.4, 0.5) is 5.69 Å². The van der Waals surface area contributed by atoms with Crippen molar-refractivity contribution in [1.82, 2.24) is 0 Å². The molecular weight excluding hydrogens is 202 g/mol. The van der Waals surface area contributed by atoms with Crippen molar-refractivity contribution >= 4 is 11.5 Å². The van der Waals surface area contributed by atoms with E-state index in [-0.39, 0.29) is 5.84 Å². The maximum Gasteiger partial charge on any atom is 0.170 e. The van der Waals surface area contributed by atoms with E-state index in [9.17, 15) is 0 Å². The number of oxime groups is 1. The Labute approximate surface area is 96.4 Å². The first-order valence-corrected chi connectivity index (χ1v) is 5.48. The monoisotopic (exact) mass is 221 g/mol. The molecule has 16 heavy (non-hydrogen) atoms. The lowest BCUT2D eigenvalue weighted by atomic mass is 10.2. The molecule has 0 aromatic heterocycles. The van der Waals surface area contributed by atoms with E-state index in [1.165, 1.54) is 12.8 Å². The summed E-state index contributed by atoms with van der Waals surface area (Å²) >= 11 is 0. The molecule has 0 aliphatic carbocycles. The molecule has 0 aliphatic rings. The van der Waals surface area contributed by atoms with Gasteiger partial charge in [-0.2, -0.15) is 0 Å². The van der Waals surface area contributed by atoms with Crippen LogP contribution in [0, 0.1) is 0 Å². The molecule has 0 atom stereocenters. The highest BCUT2D eigenvalue weighted by Crippen LogP contribution is 2.14. The summed E-state index contributed by atoms with van der Waals surface area (Å²) in [5, 5.41) is 11.5. The van der Waals surface area contributed by atoms with E-state index < -0.39 is 0 Å². The summed E-state index contributed by atoms with van der Waals surface area (Å²) in [6.07, 6.45) is 2.37. The molecule has 0 fully saturated rings. The number of nitrogens with two attached hydrogens (primary N) is 1. The van der Waals surface area contributed by atoms with Crippen LogP contribution in [-0.2, 0) is 0 Å². The zero-order chi connectivity index (χ0) is 12.0. The zero-order valence-electron chi connectivity index (χ0n) is 9.85. The standard InChI is InChI=1S/C12H19N3O/c1-3-4-9-15(2)11-7-5-10(6-8-11)12(13)14-16/h5-8,16H,3-4,9H2,1-2H3,(H2,13,14). The van der Waals surface area contributed by atoms with Crippen molar-refractivity contribution < 1.29 is 5.21 Å². The first-order valence-electron chi connectivity index (χ1n) is 5.48. The van der Waals surface area contributed by atoms with Crippen molar-refractivity contribution in [1.29, 1.82) is 0 Å². The summed E-state index contributed by atoms with van der Waals surface area (Å²) in [4.78, 5) is 2.19. The number of benzene rings is 1. The molecule has 0 saturated heterocycles. The number of rotatable bonds is 5. The Kier molecular flexibility index (Phi) is 4.64. The summed E-state index contributed by atoms with van der Waals surface area (Å²) in [6, 6.07) is 7.66. The molecule has 0 aliphatic heterocycles. The van der Waals surface area contributed by atoms with Crippen molar-refractivity contribution in [2.75, 3.05) is 18.5 Å². The van der Waals surface area contributed by atoms with Crippen LogP contribution in [0.1, 0.15) is 25.3 Å². The SMILES string of the molecule is CCCCN(C)c1ccc(/C(N)=N/O)cc1. The number of unbranched alkanes of at least 4 members (excludes halogenated alkanes) is 1. The second-order valence-corrected chi connectivity index (χ2v) is 3.81. The molecule has 0 unspecified atom stereocenters. The average molecular weight is 221 g/mol. The molecule has 0 radical (unpaired) electrons. The lowest BCUT2D eigenvalue weighted by Crippen LogP contribution is -2.18. The van der Waals surface area contributed by atoms with Gasteiger partial charge < -0.3 is 15.8 Å². The van der Waals surface area contributed by atoms with Crippen LogP contribution in [0.2, 0.25) is 0 Å². The predicted molar refractivity (Wildman–Crippen MR) is 67.1 cm³/mol. The molecule has 1 aromatic carbocycles. The maximum absolute atomic E-state index is 8.54. The second-order valence-electron chi connectivity index (χ2n) is 3.81. The highest BCUT2D eigenvalue weighted by Gasteiger charge is 2.02. The molecule has 0 saturated carbocycles. The van der Waals surface area contributed by atoms with Gasteiger partial charge in [0.1, 0.15) is 0 Å². The molecular formula is C12H19N3O. The minimum Gasteiger partial charge on any atom is -0.409 e. The van der Waals surface area contributed by atoms with Crippen LogP contribution < -0.4 is 10.6 Å². The van der Waals surface area contributed by atoms with E-state index in [2.05, 4.69) is 24.0 Å². The molecule has 0 spiro atoms. The molecule has 4 nitrogen and oxygen atoms in total. The van der Waals surface area contributed by atoms with Crippen molar-refractivity contribution in [2.24, 2.45) is 10.9 Å². The Bertz CT molecular complexity index is 346. The van der Waals surface area contributed by atoms with Crippen LogP contribution in [0.15, 0.2) is 29.4 Å². The number of amidine groups is 1. The summed E-state index contributed by atoms with van der Waals surface area (Å²) < 4.78 is 0. The summed E-state index contributed by atoms with van der Waals surface area (Å²) in [5.74, 6) is 0.141. The molecule has 1 rings (SSSR count). The fourth-order valence-electron chi connectivity index (χ4n) is 1.47. The van der Waals surface area contributed by atoms with Gasteiger partial charge in [-0.05, 0) is 30.7 Å². The Morgan fingerprint density at radius 3 is 2.50 bits per heavy atom. The van der Waals surface area contributed by atoms with Crippen LogP contribution in [0.3, 0.4) is 0 Å².